The molecular weight excluding hydrogens is 470 g/mol. The number of thiophene rings is 1. The zero-order chi connectivity index (χ0) is 22.7. The number of aromatic nitrogens is 1. The van der Waals surface area contributed by atoms with Gasteiger partial charge in [0, 0.05) is 18.1 Å². The van der Waals surface area contributed by atoms with Crippen molar-refractivity contribution < 1.29 is 18.8 Å². The Morgan fingerprint density at radius 2 is 2.03 bits per heavy atom. The molecule has 0 aliphatic carbocycles. The van der Waals surface area contributed by atoms with Crippen LogP contribution in [0, 0.1) is 6.92 Å². The van der Waals surface area contributed by atoms with Crippen LogP contribution >= 0.6 is 34.7 Å². The monoisotopic (exact) mass is 487 g/mol. The summed E-state index contributed by atoms with van der Waals surface area (Å²) in [7, 11) is 0. The molecule has 7 nitrogen and oxygen atoms in total. The number of rotatable bonds is 7. The van der Waals surface area contributed by atoms with E-state index in [-0.39, 0.29) is 36.6 Å². The second kappa shape index (κ2) is 9.72. The first kappa shape index (κ1) is 22.3. The van der Waals surface area contributed by atoms with E-state index in [2.05, 4.69) is 10.3 Å². The van der Waals surface area contributed by atoms with Crippen LogP contribution in [-0.2, 0) is 16.0 Å². The molecule has 1 N–H and O–H groups in total. The van der Waals surface area contributed by atoms with Gasteiger partial charge < -0.3 is 9.73 Å². The smallest absolute Gasteiger partial charge is 0.293 e. The Labute approximate surface area is 197 Å². The largest absolute Gasteiger partial charge is 0.440 e. The van der Waals surface area contributed by atoms with E-state index in [1.165, 1.54) is 11.3 Å². The molecule has 1 saturated heterocycles. The molecule has 3 aromatic rings. The molecule has 1 aliphatic rings. The van der Waals surface area contributed by atoms with Crippen LogP contribution in [0.25, 0.3) is 16.8 Å². The van der Waals surface area contributed by atoms with Crippen molar-refractivity contribution in [3.8, 4) is 10.8 Å². The number of carbonyl (C=O) groups excluding carboxylic acids is 3. The van der Waals surface area contributed by atoms with Crippen molar-refractivity contribution >= 4 is 57.8 Å². The molecule has 0 atom stereocenters. The maximum atomic E-state index is 12.6. The number of aryl methyl sites for hydroxylation is 1. The molecule has 0 bridgehead atoms. The van der Waals surface area contributed by atoms with Crippen LogP contribution in [0.4, 0.5) is 4.79 Å². The van der Waals surface area contributed by atoms with Gasteiger partial charge in [-0.15, -0.1) is 11.3 Å². The molecular formula is C22H18ClN3O4S2. The van der Waals surface area contributed by atoms with E-state index in [0.717, 1.165) is 27.1 Å². The summed E-state index contributed by atoms with van der Waals surface area (Å²) < 4.78 is 5.65. The van der Waals surface area contributed by atoms with Crippen LogP contribution in [0.15, 0.2) is 51.1 Å². The van der Waals surface area contributed by atoms with Gasteiger partial charge in [-0.1, -0.05) is 29.8 Å². The van der Waals surface area contributed by atoms with Crippen LogP contribution in [0.2, 0.25) is 5.02 Å². The summed E-state index contributed by atoms with van der Waals surface area (Å²) in [6.07, 6.45) is 1.71. The molecule has 1 aromatic carbocycles. The number of halogens is 1. The first-order valence-corrected chi connectivity index (χ1v) is 11.8. The lowest BCUT2D eigenvalue weighted by atomic mass is 10.2. The topological polar surface area (TPSA) is 92.5 Å². The van der Waals surface area contributed by atoms with Crippen LogP contribution in [0.3, 0.4) is 0 Å². The Hall–Kier alpha value is -2.88. The number of nitrogens with one attached hydrogen (secondary N) is 1. The number of thioether (sulfide) groups is 1. The maximum absolute atomic E-state index is 12.6. The number of imide groups is 1. The van der Waals surface area contributed by atoms with Crippen molar-refractivity contribution in [3.63, 3.8) is 0 Å². The normalized spacial score (nSPS) is 15.1. The summed E-state index contributed by atoms with van der Waals surface area (Å²) in [5.41, 5.74) is 1.33. The van der Waals surface area contributed by atoms with Gasteiger partial charge in [-0.3, -0.25) is 19.3 Å². The van der Waals surface area contributed by atoms with Crippen molar-refractivity contribution in [1.82, 2.24) is 15.2 Å². The molecule has 1 fully saturated rings. The molecule has 0 unspecified atom stereocenters. The summed E-state index contributed by atoms with van der Waals surface area (Å²) in [4.78, 5) is 43.9. The number of nitrogens with zero attached hydrogens (tertiary/aromatic N) is 2. The van der Waals surface area contributed by atoms with Crippen LogP contribution in [-0.4, -0.2) is 40.0 Å². The van der Waals surface area contributed by atoms with E-state index in [1.54, 1.807) is 37.3 Å². The molecule has 3 heterocycles. The third-order valence-corrected chi connectivity index (χ3v) is 6.67. The Balaban J connectivity index is 1.30. The Morgan fingerprint density at radius 1 is 1.25 bits per heavy atom. The Bertz CT molecular complexity index is 1190. The van der Waals surface area contributed by atoms with Crippen LogP contribution in [0.5, 0.6) is 0 Å². The number of hydrogen-bond acceptors (Lipinski definition) is 7. The molecule has 0 radical (unpaired) electrons. The first-order chi connectivity index (χ1) is 15.4. The molecule has 0 spiro atoms. The van der Waals surface area contributed by atoms with E-state index < -0.39 is 0 Å². The standard InChI is InChI=1S/C22H18ClN3O4S2/c1-13-16(25-20(30-13)17-3-2-10-31-17)12-19(27)24-8-9-26-21(28)18(32-22(26)29)11-14-4-6-15(23)7-5-14/h2-7,10-11H,8-9,12H2,1H3,(H,24,27)/b18-11-. The summed E-state index contributed by atoms with van der Waals surface area (Å²) in [5.74, 6) is 0.437. The van der Waals surface area contributed by atoms with Gasteiger partial charge in [0.15, 0.2) is 0 Å². The number of oxazole rings is 1. The lowest BCUT2D eigenvalue weighted by molar-refractivity contribution is -0.124. The zero-order valence-electron chi connectivity index (χ0n) is 17.0. The van der Waals surface area contributed by atoms with Gasteiger partial charge in [-0.05, 0) is 53.9 Å². The van der Waals surface area contributed by atoms with Crippen molar-refractivity contribution in [3.05, 3.63) is 68.7 Å². The lowest BCUT2D eigenvalue weighted by Crippen LogP contribution is -2.37. The number of hydrogen-bond donors (Lipinski definition) is 1. The fourth-order valence-corrected chi connectivity index (χ4v) is 4.66. The van der Waals surface area contributed by atoms with Gasteiger partial charge in [0.05, 0.1) is 21.9 Å². The number of carbonyl (C=O) groups is 3. The van der Waals surface area contributed by atoms with Gasteiger partial charge in [0.1, 0.15) is 5.76 Å². The second-order valence-corrected chi connectivity index (χ2v) is 9.29. The fourth-order valence-electron chi connectivity index (χ4n) is 3.02. The molecule has 4 rings (SSSR count). The molecule has 10 heteroatoms. The lowest BCUT2D eigenvalue weighted by Gasteiger charge is -2.12. The van der Waals surface area contributed by atoms with Gasteiger partial charge in [-0.2, -0.15) is 0 Å². The number of amides is 3. The highest BCUT2D eigenvalue weighted by atomic mass is 35.5. The quantitative estimate of drug-likeness (QED) is 0.483. The van der Waals surface area contributed by atoms with Crippen molar-refractivity contribution in [1.29, 1.82) is 0 Å². The minimum atomic E-state index is -0.378. The SMILES string of the molecule is Cc1oc(-c2cccs2)nc1CC(=O)NCCN1C(=O)S/C(=C\c2ccc(Cl)cc2)C1=O. The van der Waals surface area contributed by atoms with Gasteiger partial charge in [0.2, 0.25) is 11.8 Å². The third-order valence-electron chi connectivity index (χ3n) is 4.65. The summed E-state index contributed by atoms with van der Waals surface area (Å²) >= 11 is 8.26. The zero-order valence-corrected chi connectivity index (χ0v) is 19.4. The predicted octanol–water partition coefficient (Wildman–Crippen LogP) is 4.76. The van der Waals surface area contributed by atoms with Crippen molar-refractivity contribution in [2.45, 2.75) is 13.3 Å². The van der Waals surface area contributed by atoms with Gasteiger partial charge in [-0.25, -0.2) is 4.98 Å². The maximum Gasteiger partial charge on any atom is 0.293 e. The molecule has 3 amide bonds. The number of benzene rings is 1. The average Bonchev–Trinajstić information content (AvgIpc) is 3.47. The molecule has 2 aromatic heterocycles. The third kappa shape index (κ3) is 5.12. The second-order valence-electron chi connectivity index (χ2n) is 6.91. The highest BCUT2D eigenvalue weighted by Crippen LogP contribution is 2.32. The average molecular weight is 488 g/mol. The van der Waals surface area contributed by atoms with Crippen molar-refractivity contribution in [2.24, 2.45) is 0 Å². The van der Waals surface area contributed by atoms with Crippen molar-refractivity contribution in [2.75, 3.05) is 13.1 Å². The minimum absolute atomic E-state index is 0.0546. The predicted molar refractivity (Wildman–Crippen MR) is 125 cm³/mol. The van der Waals surface area contributed by atoms with E-state index in [0.29, 0.717) is 27.3 Å². The highest BCUT2D eigenvalue weighted by molar-refractivity contribution is 8.18. The molecule has 1 aliphatic heterocycles. The Kier molecular flexibility index (Phi) is 6.78. The molecule has 164 valence electrons. The van der Waals surface area contributed by atoms with E-state index in [9.17, 15) is 14.4 Å². The summed E-state index contributed by atoms with van der Waals surface area (Å²) in [6.45, 7) is 2.01. The molecule has 0 saturated carbocycles. The molecule has 32 heavy (non-hydrogen) atoms. The van der Waals surface area contributed by atoms with E-state index >= 15 is 0 Å². The van der Waals surface area contributed by atoms with E-state index in [1.807, 2.05) is 17.5 Å². The highest BCUT2D eigenvalue weighted by Gasteiger charge is 2.34. The first-order valence-electron chi connectivity index (χ1n) is 9.68. The minimum Gasteiger partial charge on any atom is -0.440 e. The van der Waals surface area contributed by atoms with Crippen LogP contribution < -0.4 is 5.32 Å². The van der Waals surface area contributed by atoms with Gasteiger partial charge in [0.25, 0.3) is 11.1 Å². The van der Waals surface area contributed by atoms with E-state index in [4.69, 9.17) is 16.0 Å². The summed E-state index contributed by atoms with van der Waals surface area (Å²) in [6, 6.07) is 10.8. The Morgan fingerprint density at radius 3 is 2.75 bits per heavy atom. The van der Waals surface area contributed by atoms with Gasteiger partial charge >= 0.3 is 0 Å². The van der Waals surface area contributed by atoms with Crippen LogP contribution in [0.1, 0.15) is 17.0 Å². The fraction of sp³-hybridized carbons (Fsp3) is 0.182. The summed E-state index contributed by atoms with van der Waals surface area (Å²) in [5, 5.41) is 4.89.